The lowest BCUT2D eigenvalue weighted by Crippen LogP contribution is -2.48. The first-order valence-corrected chi connectivity index (χ1v) is 9.87. The zero-order chi connectivity index (χ0) is 20.9. The summed E-state index contributed by atoms with van der Waals surface area (Å²) in [6, 6.07) is 25.5. The van der Waals surface area contributed by atoms with Gasteiger partial charge in [0.05, 0.1) is 0 Å². The highest BCUT2D eigenvalue weighted by atomic mass is 32.1. The number of hydrogen-bond acceptors (Lipinski definition) is 3. The lowest BCUT2D eigenvalue weighted by atomic mass is 9.96. The quantitative estimate of drug-likeness (QED) is 0.572. The van der Waals surface area contributed by atoms with Gasteiger partial charge in [-0.2, -0.15) is 0 Å². The van der Waals surface area contributed by atoms with Crippen molar-refractivity contribution in [3.05, 3.63) is 108 Å². The number of benzene rings is 3. The average Bonchev–Trinajstić information content (AvgIpc) is 2.91. The number of para-hydroxylation sites is 1. The van der Waals surface area contributed by atoms with Crippen molar-refractivity contribution in [1.82, 2.24) is 10.6 Å². The van der Waals surface area contributed by atoms with Crippen LogP contribution in [0.3, 0.4) is 0 Å². The van der Waals surface area contributed by atoms with Crippen molar-refractivity contribution in [1.29, 1.82) is 0 Å². The highest BCUT2D eigenvalue weighted by Gasteiger charge is 2.25. The number of hydrogen-bond donors (Lipinski definition) is 3. The summed E-state index contributed by atoms with van der Waals surface area (Å²) in [5, 5.41) is 8.61. The van der Waals surface area contributed by atoms with Gasteiger partial charge in [0.1, 0.15) is 6.04 Å². The Bertz CT molecular complexity index is 1130. The third-order valence-electron chi connectivity index (χ3n) is 4.73. The van der Waals surface area contributed by atoms with Gasteiger partial charge < -0.3 is 10.6 Å². The van der Waals surface area contributed by atoms with Crippen molar-refractivity contribution in [2.24, 2.45) is 0 Å². The van der Waals surface area contributed by atoms with Crippen LogP contribution in [0.2, 0.25) is 0 Å². The van der Waals surface area contributed by atoms with Crippen LogP contribution in [0.4, 0.5) is 5.69 Å². The summed E-state index contributed by atoms with van der Waals surface area (Å²) in [6.07, 6.45) is 1.83. The number of nitrogens with one attached hydrogen (secondary N) is 3. The Labute approximate surface area is 179 Å². The maximum Gasteiger partial charge on any atom is 0.257 e. The number of carbonyl (C=O) groups excluding carboxylic acids is 2. The second-order valence-electron chi connectivity index (χ2n) is 6.75. The Morgan fingerprint density at radius 3 is 2.23 bits per heavy atom. The molecule has 0 radical (unpaired) electrons. The largest absolute Gasteiger partial charge is 0.347 e. The fourth-order valence-electron chi connectivity index (χ4n) is 3.29. The molecule has 6 heteroatoms. The van der Waals surface area contributed by atoms with Crippen LogP contribution >= 0.6 is 12.2 Å². The lowest BCUT2D eigenvalue weighted by molar-refractivity contribution is -0.116. The van der Waals surface area contributed by atoms with E-state index in [0.29, 0.717) is 5.56 Å². The van der Waals surface area contributed by atoms with Gasteiger partial charge in [0.25, 0.3) is 11.8 Å². The molecule has 1 aliphatic heterocycles. The highest BCUT2D eigenvalue weighted by molar-refractivity contribution is 7.80. The molecule has 1 atom stereocenters. The molecule has 0 saturated heterocycles. The van der Waals surface area contributed by atoms with Crippen molar-refractivity contribution in [3.8, 4) is 0 Å². The van der Waals surface area contributed by atoms with E-state index in [1.165, 1.54) is 0 Å². The molecular weight excluding hydrogens is 394 g/mol. The standard InChI is InChI=1S/C24H19N3O2S/c28-22(17-11-5-2-6-12-17)27-24(30)26-21-15-19(16-9-3-1-4-10-16)18-13-7-8-14-20(18)25-23(21)29/h1-15,21H,(H,25,29)(H2,26,27,28,30). The summed E-state index contributed by atoms with van der Waals surface area (Å²) >= 11 is 5.30. The van der Waals surface area contributed by atoms with E-state index in [2.05, 4.69) is 16.0 Å². The highest BCUT2D eigenvalue weighted by Crippen LogP contribution is 2.32. The Morgan fingerprint density at radius 2 is 1.50 bits per heavy atom. The van der Waals surface area contributed by atoms with E-state index in [-0.39, 0.29) is 16.9 Å². The van der Waals surface area contributed by atoms with Crippen molar-refractivity contribution < 1.29 is 9.59 Å². The van der Waals surface area contributed by atoms with Crippen LogP contribution in [0, 0.1) is 0 Å². The average molecular weight is 414 g/mol. The van der Waals surface area contributed by atoms with Crippen LogP contribution in [0.25, 0.3) is 5.57 Å². The molecule has 0 aromatic heterocycles. The molecule has 0 fully saturated rings. The predicted molar refractivity (Wildman–Crippen MR) is 122 cm³/mol. The number of thiocarbonyl (C=S) groups is 1. The molecule has 3 aromatic carbocycles. The molecule has 1 aliphatic rings. The number of fused-ring (bicyclic) bond motifs is 1. The first-order valence-electron chi connectivity index (χ1n) is 9.46. The Morgan fingerprint density at radius 1 is 0.867 bits per heavy atom. The van der Waals surface area contributed by atoms with Crippen LogP contribution in [0.15, 0.2) is 91.0 Å². The zero-order valence-electron chi connectivity index (χ0n) is 16.0. The minimum atomic E-state index is -0.754. The zero-order valence-corrected chi connectivity index (χ0v) is 16.8. The Hall–Kier alpha value is -3.77. The van der Waals surface area contributed by atoms with Gasteiger partial charge in [-0.15, -0.1) is 0 Å². The van der Waals surface area contributed by atoms with Gasteiger partial charge in [0.15, 0.2) is 5.11 Å². The predicted octanol–water partition coefficient (Wildman–Crippen LogP) is 3.74. The van der Waals surface area contributed by atoms with E-state index < -0.39 is 6.04 Å². The molecule has 2 amide bonds. The van der Waals surface area contributed by atoms with E-state index in [1.54, 1.807) is 24.3 Å². The van der Waals surface area contributed by atoms with Gasteiger partial charge in [-0.05, 0) is 47.6 Å². The molecule has 3 aromatic rings. The third kappa shape index (κ3) is 4.29. The first-order chi connectivity index (χ1) is 14.6. The second kappa shape index (κ2) is 8.71. The molecule has 1 heterocycles. The Balaban J connectivity index is 1.61. The van der Waals surface area contributed by atoms with Gasteiger partial charge in [-0.3, -0.25) is 14.9 Å². The summed E-state index contributed by atoms with van der Waals surface area (Å²) in [7, 11) is 0. The van der Waals surface area contributed by atoms with E-state index in [9.17, 15) is 9.59 Å². The summed E-state index contributed by atoms with van der Waals surface area (Å²) in [6.45, 7) is 0. The molecule has 3 N–H and O–H groups in total. The molecule has 1 unspecified atom stereocenters. The van der Waals surface area contributed by atoms with Gasteiger partial charge >= 0.3 is 0 Å². The Kier molecular flexibility index (Phi) is 5.68. The van der Waals surface area contributed by atoms with E-state index in [0.717, 1.165) is 22.4 Å². The second-order valence-corrected chi connectivity index (χ2v) is 7.16. The fourth-order valence-corrected chi connectivity index (χ4v) is 3.51. The van der Waals surface area contributed by atoms with Crippen molar-refractivity contribution in [3.63, 3.8) is 0 Å². The molecule has 4 rings (SSSR count). The van der Waals surface area contributed by atoms with E-state index >= 15 is 0 Å². The van der Waals surface area contributed by atoms with Gasteiger partial charge in [0, 0.05) is 16.8 Å². The topological polar surface area (TPSA) is 70.2 Å². The number of rotatable bonds is 3. The molecule has 148 valence electrons. The first kappa shape index (κ1) is 19.5. The smallest absolute Gasteiger partial charge is 0.257 e. The van der Waals surface area contributed by atoms with Crippen LogP contribution in [-0.2, 0) is 4.79 Å². The summed E-state index contributed by atoms with van der Waals surface area (Å²) in [4.78, 5) is 25.2. The molecular formula is C24H19N3O2S. The number of anilines is 1. The molecule has 0 aliphatic carbocycles. The summed E-state index contributed by atoms with van der Waals surface area (Å²) < 4.78 is 0. The fraction of sp³-hybridized carbons (Fsp3) is 0.0417. The maximum absolute atomic E-state index is 12.9. The van der Waals surface area contributed by atoms with E-state index in [4.69, 9.17) is 12.2 Å². The van der Waals surface area contributed by atoms with Crippen LogP contribution in [0.1, 0.15) is 21.5 Å². The van der Waals surface area contributed by atoms with Crippen molar-refractivity contribution in [2.45, 2.75) is 6.04 Å². The third-order valence-corrected chi connectivity index (χ3v) is 4.95. The van der Waals surface area contributed by atoms with E-state index in [1.807, 2.05) is 66.7 Å². The van der Waals surface area contributed by atoms with Gasteiger partial charge in [0.2, 0.25) is 0 Å². The summed E-state index contributed by atoms with van der Waals surface area (Å²) in [5.41, 5.74) is 4.01. The van der Waals surface area contributed by atoms with Crippen LogP contribution in [0.5, 0.6) is 0 Å². The minimum absolute atomic E-state index is 0.0821. The minimum Gasteiger partial charge on any atom is -0.347 e. The van der Waals surface area contributed by atoms with Crippen molar-refractivity contribution in [2.75, 3.05) is 5.32 Å². The molecule has 0 bridgehead atoms. The van der Waals surface area contributed by atoms with Crippen molar-refractivity contribution >= 4 is 40.4 Å². The normalized spacial score (nSPS) is 15.1. The van der Waals surface area contributed by atoms with Crippen LogP contribution < -0.4 is 16.0 Å². The maximum atomic E-state index is 12.9. The van der Waals surface area contributed by atoms with Gasteiger partial charge in [-0.1, -0.05) is 66.7 Å². The molecule has 0 saturated carbocycles. The SMILES string of the molecule is O=C(NC(=S)NC1C=C(c2ccccc2)c2ccccc2NC1=O)c1ccccc1. The summed E-state index contributed by atoms with van der Waals surface area (Å²) in [5.74, 6) is -0.595. The lowest BCUT2D eigenvalue weighted by Gasteiger charge is -2.16. The molecule has 5 nitrogen and oxygen atoms in total. The van der Waals surface area contributed by atoms with Crippen LogP contribution in [-0.4, -0.2) is 23.0 Å². The van der Waals surface area contributed by atoms with Gasteiger partial charge in [-0.25, -0.2) is 0 Å². The molecule has 30 heavy (non-hydrogen) atoms. The monoisotopic (exact) mass is 413 g/mol. The number of amides is 2. The number of carbonyl (C=O) groups is 2. The molecule has 0 spiro atoms.